The Morgan fingerprint density at radius 2 is 2.17 bits per heavy atom. The summed E-state index contributed by atoms with van der Waals surface area (Å²) in [4.78, 5) is 15.3. The van der Waals surface area contributed by atoms with E-state index < -0.39 is 5.91 Å². The van der Waals surface area contributed by atoms with E-state index in [1.807, 2.05) is 36.5 Å². The van der Waals surface area contributed by atoms with Crippen LogP contribution in [0.3, 0.4) is 0 Å². The maximum Gasteiger partial charge on any atom is 0.245 e. The Bertz CT molecular complexity index is 493. The third kappa shape index (κ3) is 3.41. The number of amides is 1. The van der Waals surface area contributed by atoms with E-state index >= 15 is 0 Å². The van der Waals surface area contributed by atoms with Gasteiger partial charge in [0.25, 0.3) is 0 Å². The lowest BCUT2D eigenvalue weighted by Crippen LogP contribution is -2.24. The van der Waals surface area contributed by atoms with Gasteiger partial charge in [-0.2, -0.15) is 10.6 Å². The van der Waals surface area contributed by atoms with Crippen LogP contribution in [-0.2, 0) is 16.2 Å². The van der Waals surface area contributed by atoms with E-state index in [0.717, 1.165) is 11.3 Å². The van der Waals surface area contributed by atoms with E-state index in [2.05, 4.69) is 10.6 Å². The Balaban J connectivity index is 1.86. The van der Waals surface area contributed by atoms with Gasteiger partial charge in [-0.05, 0) is 23.8 Å². The highest BCUT2D eigenvalue weighted by molar-refractivity contribution is 5.74. The van der Waals surface area contributed by atoms with Crippen LogP contribution in [0.5, 0.6) is 0 Å². The maximum absolute atomic E-state index is 10.4. The first-order valence-electron chi connectivity index (χ1n) is 5.47. The van der Waals surface area contributed by atoms with Gasteiger partial charge in [0.05, 0.1) is 5.69 Å². The number of hydrogen-bond donors (Lipinski definition) is 2. The van der Waals surface area contributed by atoms with Crippen molar-refractivity contribution < 1.29 is 9.63 Å². The Hall–Kier alpha value is -2.18. The summed E-state index contributed by atoms with van der Waals surface area (Å²) >= 11 is 0. The number of hydroxylamine groups is 1. The van der Waals surface area contributed by atoms with Crippen molar-refractivity contribution in [1.82, 2.24) is 15.3 Å². The predicted octanol–water partition coefficient (Wildman–Crippen LogP) is 0.379. The minimum atomic E-state index is -0.503. The van der Waals surface area contributed by atoms with E-state index in [0.29, 0.717) is 6.54 Å². The number of rotatable bonds is 6. The number of carbonyl (C=O) groups is 1. The second-order valence-corrected chi connectivity index (χ2v) is 3.69. The van der Waals surface area contributed by atoms with Gasteiger partial charge in [-0.3, -0.25) is 9.63 Å². The summed E-state index contributed by atoms with van der Waals surface area (Å²) in [6.07, 6.45) is 3.61. The van der Waals surface area contributed by atoms with Crippen LogP contribution in [0, 0.1) is 0 Å². The Kier molecular flexibility index (Phi) is 4.06. The van der Waals surface area contributed by atoms with Gasteiger partial charge in [0.1, 0.15) is 6.61 Å². The lowest BCUT2D eigenvalue weighted by Gasteiger charge is -2.06. The first-order chi connectivity index (χ1) is 8.75. The molecular weight excluding hydrogens is 232 g/mol. The molecule has 0 fully saturated rings. The summed E-state index contributed by atoms with van der Waals surface area (Å²) in [6.45, 7) is 0.373. The summed E-state index contributed by atoms with van der Waals surface area (Å²) in [5.41, 5.74) is 9.62. The molecule has 0 aliphatic heterocycles. The molecule has 1 aromatic heterocycles. The molecule has 18 heavy (non-hydrogen) atoms. The van der Waals surface area contributed by atoms with Gasteiger partial charge < -0.3 is 5.73 Å². The molecule has 2 aromatic rings. The summed E-state index contributed by atoms with van der Waals surface area (Å²) in [6, 6.07) is 9.69. The van der Waals surface area contributed by atoms with Crippen molar-refractivity contribution in [2.45, 2.75) is 6.54 Å². The molecule has 0 aliphatic carbocycles. The largest absolute Gasteiger partial charge is 0.368 e. The van der Waals surface area contributed by atoms with E-state index in [1.165, 1.54) is 0 Å². The minimum Gasteiger partial charge on any atom is -0.368 e. The van der Waals surface area contributed by atoms with Gasteiger partial charge >= 0.3 is 0 Å². The van der Waals surface area contributed by atoms with E-state index in [-0.39, 0.29) is 6.61 Å². The molecule has 0 unspecified atom stereocenters. The fourth-order valence-corrected chi connectivity index (χ4v) is 1.44. The lowest BCUT2D eigenvalue weighted by molar-refractivity contribution is -0.125. The van der Waals surface area contributed by atoms with Crippen molar-refractivity contribution in [3.05, 3.63) is 48.3 Å². The number of nitrogens with zero attached hydrogens (tertiary/aromatic N) is 2. The lowest BCUT2D eigenvalue weighted by atomic mass is 10.2. The van der Waals surface area contributed by atoms with Gasteiger partial charge in [-0.1, -0.05) is 12.1 Å². The fraction of sp³-hybridized carbons (Fsp3) is 0.167. The van der Waals surface area contributed by atoms with Crippen molar-refractivity contribution >= 4 is 5.91 Å². The van der Waals surface area contributed by atoms with Gasteiger partial charge in [-0.15, -0.1) is 0 Å². The quantitative estimate of drug-likeness (QED) is 0.570. The predicted molar refractivity (Wildman–Crippen MR) is 65.6 cm³/mol. The number of benzene rings is 1. The van der Waals surface area contributed by atoms with Crippen LogP contribution in [0.25, 0.3) is 5.69 Å². The number of hydrogen-bond acceptors (Lipinski definition) is 4. The zero-order valence-electron chi connectivity index (χ0n) is 9.74. The smallest absolute Gasteiger partial charge is 0.245 e. The second kappa shape index (κ2) is 5.95. The molecule has 6 nitrogen and oxygen atoms in total. The molecule has 2 rings (SSSR count). The first kappa shape index (κ1) is 12.3. The van der Waals surface area contributed by atoms with Gasteiger partial charge in [0, 0.05) is 18.9 Å². The molecule has 6 heteroatoms. The molecule has 3 N–H and O–H groups in total. The van der Waals surface area contributed by atoms with Crippen LogP contribution in [0.1, 0.15) is 5.56 Å². The standard InChI is InChI=1S/C12H14N4O2/c13-12(17)9-18-15-8-10-2-4-11(5-3-10)16-7-1-6-14-16/h1-7,15H,8-9H2,(H2,13,17). The molecule has 94 valence electrons. The fourth-order valence-electron chi connectivity index (χ4n) is 1.44. The molecule has 0 saturated heterocycles. The highest BCUT2D eigenvalue weighted by atomic mass is 16.6. The van der Waals surface area contributed by atoms with Crippen molar-refractivity contribution in [3.63, 3.8) is 0 Å². The zero-order valence-corrected chi connectivity index (χ0v) is 9.74. The molecule has 1 heterocycles. The number of primary amides is 1. The van der Waals surface area contributed by atoms with Crippen molar-refractivity contribution in [1.29, 1.82) is 0 Å². The first-order valence-corrected chi connectivity index (χ1v) is 5.47. The molecule has 0 spiro atoms. The van der Waals surface area contributed by atoms with Crippen LogP contribution >= 0.6 is 0 Å². The summed E-state index contributed by atoms with van der Waals surface area (Å²) in [5.74, 6) is -0.503. The van der Waals surface area contributed by atoms with Crippen molar-refractivity contribution in [2.24, 2.45) is 5.73 Å². The van der Waals surface area contributed by atoms with Crippen LogP contribution in [-0.4, -0.2) is 22.3 Å². The SMILES string of the molecule is NC(=O)CONCc1ccc(-n2cccn2)cc1. The molecule has 0 radical (unpaired) electrons. The Morgan fingerprint density at radius 3 is 2.78 bits per heavy atom. The van der Waals surface area contributed by atoms with Crippen LogP contribution in [0.4, 0.5) is 0 Å². The van der Waals surface area contributed by atoms with Gasteiger partial charge in [0.15, 0.2) is 0 Å². The topological polar surface area (TPSA) is 82.2 Å². The highest BCUT2D eigenvalue weighted by Crippen LogP contribution is 2.08. The summed E-state index contributed by atoms with van der Waals surface area (Å²) in [7, 11) is 0. The third-order valence-corrected chi connectivity index (χ3v) is 2.30. The molecule has 0 atom stereocenters. The van der Waals surface area contributed by atoms with E-state index in [1.54, 1.807) is 10.9 Å². The summed E-state index contributed by atoms with van der Waals surface area (Å²) < 4.78 is 1.78. The molecule has 0 aliphatic rings. The Labute approximate surface area is 104 Å². The molecule has 0 bridgehead atoms. The van der Waals surface area contributed by atoms with Crippen molar-refractivity contribution in [2.75, 3.05) is 6.61 Å². The monoisotopic (exact) mass is 246 g/mol. The zero-order chi connectivity index (χ0) is 12.8. The molecule has 1 aromatic carbocycles. The normalized spacial score (nSPS) is 10.4. The molecule has 1 amide bonds. The molecular formula is C12H14N4O2. The second-order valence-electron chi connectivity index (χ2n) is 3.69. The average molecular weight is 246 g/mol. The molecule has 0 saturated carbocycles. The Morgan fingerprint density at radius 1 is 1.39 bits per heavy atom. The van der Waals surface area contributed by atoms with Crippen molar-refractivity contribution in [3.8, 4) is 5.69 Å². The number of nitrogens with one attached hydrogen (secondary N) is 1. The maximum atomic E-state index is 10.4. The minimum absolute atomic E-state index is 0.134. The van der Waals surface area contributed by atoms with E-state index in [9.17, 15) is 4.79 Å². The third-order valence-electron chi connectivity index (χ3n) is 2.30. The number of aromatic nitrogens is 2. The van der Waals surface area contributed by atoms with Crippen LogP contribution < -0.4 is 11.2 Å². The van der Waals surface area contributed by atoms with Gasteiger partial charge in [0.2, 0.25) is 5.91 Å². The van der Waals surface area contributed by atoms with E-state index in [4.69, 9.17) is 10.6 Å². The van der Waals surface area contributed by atoms with Crippen LogP contribution in [0.2, 0.25) is 0 Å². The number of carbonyl (C=O) groups excluding carboxylic acids is 1. The van der Waals surface area contributed by atoms with Crippen LogP contribution in [0.15, 0.2) is 42.7 Å². The summed E-state index contributed by atoms with van der Waals surface area (Å²) in [5, 5.41) is 4.14. The van der Waals surface area contributed by atoms with Gasteiger partial charge in [-0.25, -0.2) is 4.68 Å². The average Bonchev–Trinajstić information content (AvgIpc) is 2.89. The highest BCUT2D eigenvalue weighted by Gasteiger charge is 1.98. The number of nitrogens with two attached hydrogens (primary N) is 1.